The summed E-state index contributed by atoms with van der Waals surface area (Å²) >= 11 is 0. The van der Waals surface area contributed by atoms with Crippen LogP contribution in [0.5, 0.6) is 0 Å². The molecule has 0 saturated heterocycles. The van der Waals surface area contributed by atoms with Crippen molar-refractivity contribution in [3.8, 4) is 0 Å². The summed E-state index contributed by atoms with van der Waals surface area (Å²) < 4.78 is 16.8. The monoisotopic (exact) mass is 943 g/mol. The fourth-order valence-electron chi connectivity index (χ4n) is 8.91. The van der Waals surface area contributed by atoms with E-state index in [0.29, 0.717) is 19.3 Å². The van der Waals surface area contributed by atoms with E-state index in [-0.39, 0.29) is 31.1 Å². The van der Waals surface area contributed by atoms with Gasteiger partial charge in [-0.15, -0.1) is 0 Å². The fraction of sp³-hybridized carbons (Fsp3) is 0.885. The second-order valence-corrected chi connectivity index (χ2v) is 20.3. The molecule has 0 aromatic rings. The number of unbranched alkanes of at least 4 members (excludes halogenated alkanes) is 40. The smallest absolute Gasteiger partial charge is 0.306 e. The first-order valence-corrected chi connectivity index (χ1v) is 29.8. The molecule has 0 amide bonds. The van der Waals surface area contributed by atoms with E-state index in [2.05, 4.69) is 45.1 Å². The van der Waals surface area contributed by atoms with Crippen molar-refractivity contribution in [2.24, 2.45) is 0 Å². The van der Waals surface area contributed by atoms with Gasteiger partial charge in [-0.05, 0) is 64.2 Å². The molecule has 394 valence electrons. The molecule has 0 aliphatic rings. The SMILES string of the molecule is CCC/C=C\CCCCCCCC(=O)OCC(COC(=O)CCCCCCCCCCCCCCC/C=C\CCCCCCCCCC)OC(=O)CCCCCCCCCCCCCCCC. The van der Waals surface area contributed by atoms with Crippen LogP contribution in [0.15, 0.2) is 24.3 Å². The molecule has 0 bridgehead atoms. The zero-order chi connectivity index (χ0) is 48.6. The minimum absolute atomic E-state index is 0.0694. The number of rotatable bonds is 55. The number of hydrogen-bond acceptors (Lipinski definition) is 6. The highest BCUT2D eigenvalue weighted by atomic mass is 16.6. The van der Waals surface area contributed by atoms with Crippen molar-refractivity contribution in [2.45, 2.75) is 335 Å². The molecule has 1 atom stereocenters. The van der Waals surface area contributed by atoms with Crippen LogP contribution in [0.3, 0.4) is 0 Å². The molecule has 6 nitrogen and oxygen atoms in total. The molecule has 1 unspecified atom stereocenters. The lowest BCUT2D eigenvalue weighted by Gasteiger charge is -2.18. The normalized spacial score (nSPS) is 12.1. The summed E-state index contributed by atoms with van der Waals surface area (Å²) in [5.41, 5.74) is 0. The minimum atomic E-state index is -0.769. The van der Waals surface area contributed by atoms with Crippen molar-refractivity contribution in [3.63, 3.8) is 0 Å². The van der Waals surface area contributed by atoms with Gasteiger partial charge in [0, 0.05) is 19.3 Å². The predicted octanol–water partition coefficient (Wildman–Crippen LogP) is 19.9. The van der Waals surface area contributed by atoms with Gasteiger partial charge in [0.15, 0.2) is 6.10 Å². The molecule has 0 fully saturated rings. The van der Waals surface area contributed by atoms with E-state index in [1.54, 1.807) is 0 Å². The molecule has 67 heavy (non-hydrogen) atoms. The maximum absolute atomic E-state index is 12.8. The average Bonchev–Trinajstić information content (AvgIpc) is 3.33. The minimum Gasteiger partial charge on any atom is -0.462 e. The number of hydrogen-bond donors (Lipinski definition) is 0. The quantitative estimate of drug-likeness (QED) is 0.0262. The van der Waals surface area contributed by atoms with Gasteiger partial charge < -0.3 is 14.2 Å². The number of carbonyl (C=O) groups is 3. The summed E-state index contributed by atoms with van der Waals surface area (Å²) in [6.07, 6.45) is 66.2. The molecule has 0 aliphatic carbocycles. The Morgan fingerprint density at radius 3 is 0.806 bits per heavy atom. The number of esters is 3. The molecule has 0 saturated carbocycles. The van der Waals surface area contributed by atoms with Crippen molar-refractivity contribution >= 4 is 17.9 Å². The predicted molar refractivity (Wildman–Crippen MR) is 289 cm³/mol. The molecular formula is C61H114O6. The molecule has 0 radical (unpaired) electrons. The molecule has 0 aromatic heterocycles. The van der Waals surface area contributed by atoms with E-state index in [0.717, 1.165) is 70.6 Å². The molecule has 0 N–H and O–H groups in total. The first-order chi connectivity index (χ1) is 33.0. The third-order valence-corrected chi connectivity index (χ3v) is 13.4. The Hall–Kier alpha value is -2.11. The Kier molecular flexibility index (Phi) is 54.7. The van der Waals surface area contributed by atoms with Gasteiger partial charge in [-0.25, -0.2) is 0 Å². The summed E-state index contributed by atoms with van der Waals surface area (Å²) in [5, 5.41) is 0. The van der Waals surface area contributed by atoms with Gasteiger partial charge >= 0.3 is 17.9 Å². The third-order valence-electron chi connectivity index (χ3n) is 13.4. The average molecular weight is 944 g/mol. The highest BCUT2D eigenvalue weighted by Gasteiger charge is 2.19. The molecule has 0 aliphatic heterocycles. The molecule has 6 heteroatoms. The lowest BCUT2D eigenvalue weighted by molar-refractivity contribution is -0.167. The largest absolute Gasteiger partial charge is 0.462 e. The Bertz CT molecular complexity index is 1080. The van der Waals surface area contributed by atoms with E-state index in [4.69, 9.17) is 14.2 Å². The van der Waals surface area contributed by atoms with Gasteiger partial charge in [-0.1, -0.05) is 270 Å². The zero-order valence-corrected chi connectivity index (χ0v) is 45.2. The van der Waals surface area contributed by atoms with Crippen molar-refractivity contribution in [1.82, 2.24) is 0 Å². The summed E-state index contributed by atoms with van der Waals surface area (Å²) in [5.74, 6) is -0.861. The maximum Gasteiger partial charge on any atom is 0.306 e. The van der Waals surface area contributed by atoms with Gasteiger partial charge in [0.05, 0.1) is 0 Å². The van der Waals surface area contributed by atoms with Crippen molar-refractivity contribution in [3.05, 3.63) is 24.3 Å². The van der Waals surface area contributed by atoms with Crippen LogP contribution in [0.2, 0.25) is 0 Å². The number of ether oxygens (including phenoxy) is 3. The molecule has 0 heterocycles. The Labute approximate surface area is 417 Å². The van der Waals surface area contributed by atoms with Gasteiger partial charge in [-0.3, -0.25) is 14.4 Å². The number of carbonyl (C=O) groups excluding carboxylic acids is 3. The molecule has 0 rings (SSSR count). The van der Waals surface area contributed by atoms with Crippen LogP contribution >= 0.6 is 0 Å². The van der Waals surface area contributed by atoms with Crippen LogP contribution in [0.25, 0.3) is 0 Å². The van der Waals surface area contributed by atoms with Crippen LogP contribution in [0.1, 0.15) is 329 Å². The molecule has 0 aromatic carbocycles. The van der Waals surface area contributed by atoms with Crippen molar-refractivity contribution < 1.29 is 28.6 Å². The van der Waals surface area contributed by atoms with E-state index in [1.165, 1.54) is 218 Å². The second kappa shape index (κ2) is 56.5. The fourth-order valence-corrected chi connectivity index (χ4v) is 8.91. The maximum atomic E-state index is 12.8. The lowest BCUT2D eigenvalue weighted by Crippen LogP contribution is -2.30. The summed E-state index contributed by atoms with van der Waals surface area (Å²) in [6, 6.07) is 0. The summed E-state index contributed by atoms with van der Waals surface area (Å²) in [4.78, 5) is 38.1. The van der Waals surface area contributed by atoms with Gasteiger partial charge in [0.2, 0.25) is 0 Å². The van der Waals surface area contributed by atoms with Crippen LogP contribution in [-0.2, 0) is 28.6 Å². The van der Waals surface area contributed by atoms with Gasteiger partial charge in [0.25, 0.3) is 0 Å². The topological polar surface area (TPSA) is 78.9 Å². The van der Waals surface area contributed by atoms with E-state index in [9.17, 15) is 14.4 Å². The van der Waals surface area contributed by atoms with E-state index in [1.807, 2.05) is 0 Å². The van der Waals surface area contributed by atoms with Crippen LogP contribution < -0.4 is 0 Å². The van der Waals surface area contributed by atoms with Crippen molar-refractivity contribution in [1.29, 1.82) is 0 Å². The van der Waals surface area contributed by atoms with Crippen molar-refractivity contribution in [2.75, 3.05) is 13.2 Å². The Morgan fingerprint density at radius 1 is 0.284 bits per heavy atom. The first kappa shape index (κ1) is 64.9. The third kappa shape index (κ3) is 54.7. The Balaban J connectivity index is 4.15. The van der Waals surface area contributed by atoms with Crippen LogP contribution in [-0.4, -0.2) is 37.2 Å². The second-order valence-electron chi connectivity index (χ2n) is 20.3. The highest BCUT2D eigenvalue weighted by Crippen LogP contribution is 2.17. The molecular weight excluding hydrogens is 829 g/mol. The summed E-state index contributed by atoms with van der Waals surface area (Å²) in [7, 11) is 0. The number of allylic oxidation sites excluding steroid dienone is 4. The van der Waals surface area contributed by atoms with Crippen LogP contribution in [0.4, 0.5) is 0 Å². The van der Waals surface area contributed by atoms with E-state index >= 15 is 0 Å². The lowest BCUT2D eigenvalue weighted by atomic mass is 10.0. The standard InChI is InChI=1S/C61H114O6/c1-4-7-10-13-16-19-22-24-26-27-28-29-30-31-32-33-34-35-36-38-39-42-45-48-51-54-60(63)66-57-58(56-65-59(62)53-50-47-44-41-21-18-15-12-9-6-3)67-61(64)55-52-49-46-43-40-37-25-23-20-17-14-11-8-5-2/h12,15,27-28,58H,4-11,13-14,16-26,29-57H2,1-3H3/b15-12-,28-27-. The van der Waals surface area contributed by atoms with Gasteiger partial charge in [-0.2, -0.15) is 0 Å². The van der Waals surface area contributed by atoms with Gasteiger partial charge in [0.1, 0.15) is 13.2 Å². The molecule has 0 spiro atoms. The Morgan fingerprint density at radius 2 is 0.522 bits per heavy atom. The highest BCUT2D eigenvalue weighted by molar-refractivity contribution is 5.71. The van der Waals surface area contributed by atoms with E-state index < -0.39 is 6.10 Å². The summed E-state index contributed by atoms with van der Waals surface area (Å²) in [6.45, 7) is 6.62. The zero-order valence-electron chi connectivity index (χ0n) is 45.2. The first-order valence-electron chi connectivity index (χ1n) is 29.8. The van der Waals surface area contributed by atoms with Crippen LogP contribution in [0, 0.1) is 0 Å².